The fourth-order valence-corrected chi connectivity index (χ4v) is 2.98. The number of anilines is 1. The maximum absolute atomic E-state index is 13.9. The van der Waals surface area contributed by atoms with E-state index in [1.807, 2.05) is 0 Å². The monoisotopic (exact) mass is 486 g/mol. The molecule has 1 atom stereocenters. The van der Waals surface area contributed by atoms with Gasteiger partial charge in [-0.2, -0.15) is 5.10 Å². The molecular formula is C20H19F5N6O3. The van der Waals surface area contributed by atoms with Crippen LogP contribution in [0.1, 0.15) is 34.1 Å². The lowest BCUT2D eigenvalue weighted by atomic mass is 10.1. The van der Waals surface area contributed by atoms with Gasteiger partial charge in [-0.25, -0.2) is 13.6 Å². The molecule has 0 saturated carbocycles. The Bertz CT molecular complexity index is 1290. The number of hydrogen-bond acceptors (Lipinski definition) is 6. The van der Waals surface area contributed by atoms with Crippen molar-refractivity contribution in [2.24, 2.45) is 7.05 Å². The Labute approximate surface area is 188 Å². The van der Waals surface area contributed by atoms with E-state index in [0.29, 0.717) is 11.3 Å². The van der Waals surface area contributed by atoms with Gasteiger partial charge in [-0.15, -0.1) is 13.2 Å². The molecule has 14 heteroatoms. The standard InChI is InChI=1S/C20H19F5N6O3/c1-10-13(4-3-12-8-27-19(33)29-18(12)32)17(30-31(10)2)28-15(16(21)22)14-7-11(5-6-26-14)9-34-20(23,24)25/h3-8,15-16H,9H2,1-2H3,(H,28,30)(H2,27,29,32,33). The van der Waals surface area contributed by atoms with Crippen LogP contribution in [0.15, 0.2) is 34.1 Å². The molecule has 3 N–H and O–H groups in total. The molecule has 0 saturated heterocycles. The number of aromatic nitrogens is 5. The van der Waals surface area contributed by atoms with Gasteiger partial charge in [-0.05, 0) is 36.8 Å². The van der Waals surface area contributed by atoms with Crippen molar-refractivity contribution in [3.8, 4) is 0 Å². The number of aryl methyl sites for hydroxylation is 1. The highest BCUT2D eigenvalue weighted by atomic mass is 19.4. The highest BCUT2D eigenvalue weighted by Crippen LogP contribution is 2.29. The molecule has 0 aliphatic heterocycles. The maximum Gasteiger partial charge on any atom is 0.522 e. The molecule has 182 valence electrons. The summed E-state index contributed by atoms with van der Waals surface area (Å²) in [4.78, 5) is 31.3. The Morgan fingerprint density at radius 2 is 2.00 bits per heavy atom. The van der Waals surface area contributed by atoms with Gasteiger partial charge in [0.05, 0.1) is 17.9 Å². The molecule has 0 spiro atoms. The quantitative estimate of drug-likeness (QED) is 0.421. The van der Waals surface area contributed by atoms with Gasteiger partial charge in [0.1, 0.15) is 6.04 Å². The summed E-state index contributed by atoms with van der Waals surface area (Å²) < 4.78 is 69.9. The van der Waals surface area contributed by atoms with Crippen molar-refractivity contribution in [3.05, 3.63) is 73.4 Å². The van der Waals surface area contributed by atoms with Crippen LogP contribution >= 0.6 is 0 Å². The molecule has 3 heterocycles. The van der Waals surface area contributed by atoms with Crippen LogP contribution < -0.4 is 16.6 Å². The second-order valence-electron chi connectivity index (χ2n) is 7.11. The number of pyridine rings is 1. The minimum atomic E-state index is -4.87. The smallest absolute Gasteiger partial charge is 0.355 e. The molecule has 0 aliphatic rings. The van der Waals surface area contributed by atoms with Crippen LogP contribution in [0.4, 0.5) is 27.8 Å². The number of alkyl halides is 5. The number of halogens is 5. The van der Waals surface area contributed by atoms with Crippen LogP contribution in [0.2, 0.25) is 0 Å². The Kier molecular flexibility index (Phi) is 7.29. The molecule has 0 aromatic carbocycles. The molecule has 3 aromatic heterocycles. The van der Waals surface area contributed by atoms with E-state index in [1.165, 1.54) is 29.1 Å². The van der Waals surface area contributed by atoms with Crippen LogP contribution in [0.25, 0.3) is 12.2 Å². The van der Waals surface area contributed by atoms with Crippen LogP contribution in [0.3, 0.4) is 0 Å². The molecule has 0 fully saturated rings. The minimum absolute atomic E-state index is 0.00407. The number of rotatable bonds is 8. The summed E-state index contributed by atoms with van der Waals surface area (Å²) in [6.45, 7) is 0.805. The van der Waals surface area contributed by atoms with Gasteiger partial charge in [0.15, 0.2) is 5.82 Å². The molecule has 1 unspecified atom stereocenters. The third-order valence-electron chi connectivity index (χ3n) is 4.77. The average Bonchev–Trinajstić information content (AvgIpc) is 3.02. The second-order valence-corrected chi connectivity index (χ2v) is 7.11. The van der Waals surface area contributed by atoms with E-state index in [0.717, 1.165) is 12.3 Å². The summed E-state index contributed by atoms with van der Waals surface area (Å²) in [5, 5.41) is 6.76. The molecule has 9 nitrogen and oxygen atoms in total. The van der Waals surface area contributed by atoms with Crippen molar-refractivity contribution in [1.82, 2.24) is 24.7 Å². The van der Waals surface area contributed by atoms with Crippen molar-refractivity contribution in [2.45, 2.75) is 32.4 Å². The Hall–Kier alpha value is -3.81. The van der Waals surface area contributed by atoms with Crippen LogP contribution in [-0.4, -0.2) is 37.5 Å². The first kappa shape index (κ1) is 24.8. The molecular weight excluding hydrogens is 467 g/mol. The molecule has 0 amide bonds. The van der Waals surface area contributed by atoms with Crippen molar-refractivity contribution in [1.29, 1.82) is 0 Å². The second kappa shape index (κ2) is 9.99. The fraction of sp³-hybridized carbons (Fsp3) is 0.300. The van der Waals surface area contributed by atoms with E-state index < -0.39 is 36.7 Å². The van der Waals surface area contributed by atoms with E-state index in [-0.39, 0.29) is 22.6 Å². The van der Waals surface area contributed by atoms with E-state index in [2.05, 4.69) is 30.1 Å². The summed E-state index contributed by atoms with van der Waals surface area (Å²) in [5.41, 5.74) is -0.500. The van der Waals surface area contributed by atoms with E-state index in [9.17, 15) is 31.5 Å². The van der Waals surface area contributed by atoms with E-state index >= 15 is 0 Å². The van der Waals surface area contributed by atoms with Crippen molar-refractivity contribution < 1.29 is 26.7 Å². The highest BCUT2D eigenvalue weighted by Gasteiger charge is 2.30. The summed E-state index contributed by atoms with van der Waals surface area (Å²) in [6, 6.07) is 0.600. The third-order valence-corrected chi connectivity index (χ3v) is 4.77. The predicted molar refractivity (Wildman–Crippen MR) is 112 cm³/mol. The zero-order valence-corrected chi connectivity index (χ0v) is 17.8. The molecule has 0 aliphatic carbocycles. The van der Waals surface area contributed by atoms with Crippen molar-refractivity contribution in [3.63, 3.8) is 0 Å². The number of ether oxygens (including phenoxy) is 1. The number of H-pyrrole nitrogens is 2. The van der Waals surface area contributed by atoms with Gasteiger partial charge in [0.2, 0.25) is 0 Å². The van der Waals surface area contributed by atoms with Gasteiger partial charge in [0, 0.05) is 30.7 Å². The lowest BCUT2D eigenvalue weighted by molar-refractivity contribution is -0.330. The van der Waals surface area contributed by atoms with Crippen LogP contribution in [0, 0.1) is 6.92 Å². The first-order valence-electron chi connectivity index (χ1n) is 9.68. The maximum atomic E-state index is 13.9. The summed E-state index contributed by atoms with van der Waals surface area (Å²) in [7, 11) is 1.58. The largest absolute Gasteiger partial charge is 0.522 e. The van der Waals surface area contributed by atoms with Gasteiger partial charge in [0.25, 0.3) is 12.0 Å². The number of nitrogens with one attached hydrogen (secondary N) is 3. The molecule has 34 heavy (non-hydrogen) atoms. The van der Waals surface area contributed by atoms with Gasteiger partial charge in [-0.3, -0.25) is 24.2 Å². The number of hydrogen-bond donors (Lipinski definition) is 3. The number of aromatic amines is 2. The molecule has 3 rings (SSSR count). The molecule has 0 bridgehead atoms. The van der Waals surface area contributed by atoms with Crippen molar-refractivity contribution in [2.75, 3.05) is 5.32 Å². The van der Waals surface area contributed by atoms with Gasteiger partial charge >= 0.3 is 12.1 Å². The Morgan fingerprint density at radius 1 is 1.26 bits per heavy atom. The fourth-order valence-electron chi connectivity index (χ4n) is 2.98. The molecule has 3 aromatic rings. The molecule has 0 radical (unpaired) electrons. The zero-order chi connectivity index (χ0) is 25.0. The van der Waals surface area contributed by atoms with Gasteiger partial charge in [-0.1, -0.05) is 0 Å². The van der Waals surface area contributed by atoms with Crippen LogP contribution in [-0.2, 0) is 18.4 Å². The summed E-state index contributed by atoms with van der Waals surface area (Å²) in [5.74, 6) is 0.0288. The van der Waals surface area contributed by atoms with E-state index in [4.69, 9.17) is 0 Å². The van der Waals surface area contributed by atoms with E-state index in [1.54, 1.807) is 14.0 Å². The Morgan fingerprint density at radius 3 is 2.65 bits per heavy atom. The highest BCUT2D eigenvalue weighted by molar-refractivity contribution is 5.76. The Balaban J connectivity index is 1.91. The number of nitrogens with zero attached hydrogens (tertiary/aromatic N) is 3. The summed E-state index contributed by atoms with van der Waals surface area (Å²) in [6.07, 6.45) is -2.74. The normalized spacial score (nSPS) is 13.1. The summed E-state index contributed by atoms with van der Waals surface area (Å²) >= 11 is 0. The lowest BCUT2D eigenvalue weighted by Gasteiger charge is -2.18. The topological polar surface area (TPSA) is 118 Å². The van der Waals surface area contributed by atoms with Crippen molar-refractivity contribution >= 4 is 18.0 Å². The minimum Gasteiger partial charge on any atom is -0.355 e. The van der Waals surface area contributed by atoms with Crippen LogP contribution in [0.5, 0.6) is 0 Å². The van der Waals surface area contributed by atoms with Gasteiger partial charge < -0.3 is 10.3 Å². The first-order valence-corrected chi connectivity index (χ1v) is 9.68. The lowest BCUT2D eigenvalue weighted by Crippen LogP contribution is -2.22. The average molecular weight is 486 g/mol. The SMILES string of the molecule is Cc1c(C=Cc2c[nH]c(=O)[nH]c2=O)c(NC(c2cc(COC(F)(F)F)ccn2)C(F)F)nn1C. The zero-order valence-electron chi connectivity index (χ0n) is 17.8. The third kappa shape index (κ3) is 6.15. The first-order chi connectivity index (χ1) is 15.9. The predicted octanol–water partition coefficient (Wildman–Crippen LogP) is 3.13.